The Labute approximate surface area is 121 Å². The summed E-state index contributed by atoms with van der Waals surface area (Å²) < 4.78 is 18.4. The number of carbonyl (C=O) groups is 1. The lowest BCUT2D eigenvalue weighted by atomic mass is 9.90. The van der Waals surface area contributed by atoms with Crippen molar-refractivity contribution in [1.29, 1.82) is 0 Å². The number of carbonyl (C=O) groups excluding carboxylic acids is 1. The third kappa shape index (κ3) is 1.66. The van der Waals surface area contributed by atoms with Gasteiger partial charge in [0, 0.05) is 13.0 Å². The van der Waals surface area contributed by atoms with Crippen LogP contribution in [0.3, 0.4) is 0 Å². The zero-order valence-electron chi connectivity index (χ0n) is 11.9. The van der Waals surface area contributed by atoms with Gasteiger partial charge in [0.05, 0.1) is 30.4 Å². The molecule has 4 heterocycles. The highest BCUT2D eigenvalue weighted by Gasteiger charge is 2.46. The van der Waals surface area contributed by atoms with Gasteiger partial charge in [0.2, 0.25) is 5.79 Å². The molecule has 0 amide bonds. The predicted octanol–water partition coefficient (Wildman–Crippen LogP) is 1.00. The molecular weight excluding hydrogens is 274 g/mol. The summed E-state index contributed by atoms with van der Waals surface area (Å²) in [6, 6.07) is 1.92. The molecule has 1 spiro atoms. The molecule has 1 fully saturated rings. The molecule has 3 aliphatic rings. The van der Waals surface area contributed by atoms with Crippen molar-refractivity contribution in [1.82, 2.24) is 4.57 Å². The third-order valence-corrected chi connectivity index (χ3v) is 4.67. The van der Waals surface area contributed by atoms with Crippen molar-refractivity contribution in [2.24, 2.45) is 0 Å². The molecule has 0 aliphatic carbocycles. The first-order valence-corrected chi connectivity index (χ1v) is 7.38. The minimum atomic E-state index is -0.798. The van der Waals surface area contributed by atoms with Gasteiger partial charge in [-0.1, -0.05) is 6.92 Å². The summed E-state index contributed by atoms with van der Waals surface area (Å²) in [5.74, 6) is -1.42. The SMILES string of the molecule is CC[C@H]1C(=O)OCc2c1cc1n(c2=O)CCC12OCCO2. The molecule has 6 nitrogen and oxygen atoms in total. The second-order valence-electron chi connectivity index (χ2n) is 5.69. The highest BCUT2D eigenvalue weighted by atomic mass is 16.7. The molecule has 0 aromatic carbocycles. The van der Waals surface area contributed by atoms with E-state index in [0.717, 1.165) is 11.3 Å². The molecular formula is C15H17NO5. The van der Waals surface area contributed by atoms with Gasteiger partial charge >= 0.3 is 5.97 Å². The summed E-state index contributed by atoms with van der Waals surface area (Å²) in [6.07, 6.45) is 1.25. The number of pyridine rings is 1. The Hall–Kier alpha value is -1.66. The van der Waals surface area contributed by atoms with Gasteiger partial charge in [-0.3, -0.25) is 9.59 Å². The zero-order valence-corrected chi connectivity index (χ0v) is 11.9. The fraction of sp³-hybridized carbons (Fsp3) is 0.600. The molecule has 0 unspecified atom stereocenters. The molecule has 1 aromatic rings. The van der Waals surface area contributed by atoms with Crippen LogP contribution in [0, 0.1) is 0 Å². The molecule has 6 heteroatoms. The normalized spacial score (nSPS) is 25.8. The Bertz CT molecular complexity index is 671. The molecule has 112 valence electrons. The number of nitrogens with zero attached hydrogens (tertiary/aromatic N) is 1. The molecule has 1 atom stereocenters. The number of aromatic nitrogens is 1. The largest absolute Gasteiger partial charge is 0.460 e. The average molecular weight is 291 g/mol. The van der Waals surface area contributed by atoms with Gasteiger partial charge in [-0.2, -0.15) is 0 Å². The second kappa shape index (κ2) is 4.42. The first kappa shape index (κ1) is 13.0. The van der Waals surface area contributed by atoms with Crippen molar-refractivity contribution >= 4 is 5.97 Å². The van der Waals surface area contributed by atoms with Gasteiger partial charge in [-0.05, 0) is 18.1 Å². The molecule has 21 heavy (non-hydrogen) atoms. The van der Waals surface area contributed by atoms with Gasteiger partial charge in [0.15, 0.2) is 0 Å². The van der Waals surface area contributed by atoms with Crippen LogP contribution in [0.4, 0.5) is 0 Å². The third-order valence-electron chi connectivity index (χ3n) is 4.67. The minimum Gasteiger partial charge on any atom is -0.460 e. The van der Waals surface area contributed by atoms with E-state index in [4.69, 9.17) is 14.2 Å². The fourth-order valence-corrected chi connectivity index (χ4v) is 3.59. The van der Waals surface area contributed by atoms with E-state index < -0.39 is 5.79 Å². The Kier molecular flexibility index (Phi) is 2.74. The van der Waals surface area contributed by atoms with Gasteiger partial charge in [0.25, 0.3) is 5.56 Å². The van der Waals surface area contributed by atoms with Crippen molar-refractivity contribution in [2.45, 2.75) is 44.6 Å². The maximum atomic E-state index is 12.7. The number of cyclic esters (lactones) is 1. The first-order valence-electron chi connectivity index (χ1n) is 7.38. The van der Waals surface area contributed by atoms with Crippen LogP contribution in [0.25, 0.3) is 0 Å². The summed E-state index contributed by atoms with van der Waals surface area (Å²) in [4.78, 5) is 24.6. The van der Waals surface area contributed by atoms with E-state index >= 15 is 0 Å². The van der Waals surface area contributed by atoms with Crippen LogP contribution >= 0.6 is 0 Å². The Morgan fingerprint density at radius 2 is 2.10 bits per heavy atom. The molecule has 3 aliphatic heterocycles. The van der Waals surface area contributed by atoms with E-state index in [2.05, 4.69) is 0 Å². The monoisotopic (exact) mass is 291 g/mol. The number of fused-ring (bicyclic) bond motifs is 3. The molecule has 1 saturated heterocycles. The van der Waals surface area contributed by atoms with Gasteiger partial charge in [-0.15, -0.1) is 0 Å². The van der Waals surface area contributed by atoms with Gasteiger partial charge in [0.1, 0.15) is 6.61 Å². The number of rotatable bonds is 1. The number of esters is 1. The van der Waals surface area contributed by atoms with Crippen LogP contribution in [0.2, 0.25) is 0 Å². The lowest BCUT2D eigenvalue weighted by molar-refractivity contribution is -0.163. The van der Waals surface area contributed by atoms with Gasteiger partial charge in [-0.25, -0.2) is 0 Å². The van der Waals surface area contributed by atoms with Crippen LogP contribution in [-0.4, -0.2) is 23.8 Å². The first-order chi connectivity index (χ1) is 10.2. The van der Waals surface area contributed by atoms with Crippen LogP contribution in [-0.2, 0) is 37.9 Å². The summed E-state index contributed by atoms with van der Waals surface area (Å²) in [5.41, 5.74) is 2.05. The van der Waals surface area contributed by atoms with E-state index in [-0.39, 0.29) is 24.1 Å². The second-order valence-corrected chi connectivity index (χ2v) is 5.69. The molecule has 1 aromatic heterocycles. The van der Waals surface area contributed by atoms with E-state index in [1.54, 1.807) is 4.57 Å². The van der Waals surface area contributed by atoms with E-state index in [1.165, 1.54) is 0 Å². The van der Waals surface area contributed by atoms with Crippen molar-refractivity contribution in [3.63, 3.8) is 0 Å². The lowest BCUT2D eigenvalue weighted by Gasteiger charge is -2.27. The summed E-state index contributed by atoms with van der Waals surface area (Å²) >= 11 is 0. The standard InChI is InChI=1S/C15H17NO5/c1-2-9-10-7-12-15(20-5-6-21-15)3-4-16(12)13(17)11(10)8-19-14(9)18/h7,9H,2-6,8H2,1H3/t9-/m1/s1. The molecule has 4 rings (SSSR count). The Morgan fingerprint density at radius 3 is 2.81 bits per heavy atom. The van der Waals surface area contributed by atoms with Crippen LogP contribution in [0.1, 0.15) is 42.5 Å². The topological polar surface area (TPSA) is 66.8 Å². The molecule has 0 saturated carbocycles. The molecule has 0 bridgehead atoms. The Balaban J connectivity index is 1.93. The molecule has 0 radical (unpaired) electrons. The highest BCUT2D eigenvalue weighted by Crippen LogP contribution is 2.41. The number of ether oxygens (including phenoxy) is 3. The smallest absolute Gasteiger partial charge is 0.313 e. The minimum absolute atomic E-state index is 0.0680. The maximum absolute atomic E-state index is 12.7. The number of hydrogen-bond donors (Lipinski definition) is 0. The van der Waals surface area contributed by atoms with Crippen LogP contribution < -0.4 is 5.56 Å². The maximum Gasteiger partial charge on any atom is 0.313 e. The van der Waals surface area contributed by atoms with Crippen molar-refractivity contribution in [3.8, 4) is 0 Å². The van der Waals surface area contributed by atoms with Crippen molar-refractivity contribution < 1.29 is 19.0 Å². The van der Waals surface area contributed by atoms with Gasteiger partial charge < -0.3 is 18.8 Å². The van der Waals surface area contributed by atoms with E-state index in [1.807, 2.05) is 13.0 Å². The fourth-order valence-electron chi connectivity index (χ4n) is 3.59. The quantitative estimate of drug-likeness (QED) is 0.722. The Morgan fingerprint density at radius 1 is 1.33 bits per heavy atom. The van der Waals surface area contributed by atoms with Crippen LogP contribution in [0.15, 0.2) is 10.9 Å². The molecule has 0 N–H and O–H groups in total. The van der Waals surface area contributed by atoms with Crippen LogP contribution in [0.5, 0.6) is 0 Å². The van der Waals surface area contributed by atoms with Crippen molar-refractivity contribution in [2.75, 3.05) is 13.2 Å². The highest BCUT2D eigenvalue weighted by molar-refractivity contribution is 5.80. The van der Waals surface area contributed by atoms with E-state index in [0.29, 0.717) is 38.2 Å². The summed E-state index contributed by atoms with van der Waals surface area (Å²) in [5, 5.41) is 0. The van der Waals surface area contributed by atoms with E-state index in [9.17, 15) is 9.59 Å². The lowest BCUT2D eigenvalue weighted by Crippen LogP contribution is -2.34. The summed E-state index contributed by atoms with van der Waals surface area (Å²) in [7, 11) is 0. The van der Waals surface area contributed by atoms with Crippen molar-refractivity contribution in [3.05, 3.63) is 33.2 Å². The summed E-state index contributed by atoms with van der Waals surface area (Å²) in [6.45, 7) is 3.63. The number of hydrogen-bond acceptors (Lipinski definition) is 5. The average Bonchev–Trinajstić information content (AvgIpc) is 3.09. The zero-order chi connectivity index (χ0) is 14.6. The predicted molar refractivity (Wildman–Crippen MR) is 71.7 cm³/mol.